The molecule has 0 nitrogen and oxygen atoms in total. The maximum atomic E-state index is 3.98. The van der Waals surface area contributed by atoms with Crippen molar-refractivity contribution in [2.45, 2.75) is 5.92 Å². The third-order valence-corrected chi connectivity index (χ3v) is 3.49. The van der Waals surface area contributed by atoms with Crippen LogP contribution in [-0.4, -0.2) is 0 Å². The topological polar surface area (TPSA) is 0 Å². The van der Waals surface area contributed by atoms with E-state index in [4.69, 9.17) is 0 Å². The van der Waals surface area contributed by atoms with Crippen molar-refractivity contribution in [1.29, 1.82) is 0 Å². The summed E-state index contributed by atoms with van der Waals surface area (Å²) < 4.78 is 0. The third kappa shape index (κ3) is 1.31. The van der Waals surface area contributed by atoms with Crippen molar-refractivity contribution in [2.24, 2.45) is 0 Å². The van der Waals surface area contributed by atoms with Crippen LogP contribution < -0.4 is 0 Å². The summed E-state index contributed by atoms with van der Waals surface area (Å²) in [7, 11) is 0. The molecular formula is C17H14. The van der Waals surface area contributed by atoms with Gasteiger partial charge in [-0.05, 0) is 27.8 Å². The minimum absolute atomic E-state index is 0.301. The Kier molecular flexibility index (Phi) is 2.22. The van der Waals surface area contributed by atoms with Gasteiger partial charge >= 0.3 is 0 Å². The van der Waals surface area contributed by atoms with E-state index in [2.05, 4.69) is 55.6 Å². The van der Waals surface area contributed by atoms with Crippen molar-refractivity contribution in [3.63, 3.8) is 0 Å². The number of hydrogen-bond acceptors (Lipinski definition) is 0. The van der Waals surface area contributed by atoms with Gasteiger partial charge in [-0.1, -0.05) is 61.2 Å². The Hall–Kier alpha value is -2.08. The number of hydrogen-bond donors (Lipinski definition) is 0. The van der Waals surface area contributed by atoms with Crippen LogP contribution in [0.5, 0.6) is 0 Å². The quantitative estimate of drug-likeness (QED) is 0.645. The highest BCUT2D eigenvalue weighted by Crippen LogP contribution is 2.46. The summed E-state index contributed by atoms with van der Waals surface area (Å²) in [6.45, 7) is 7.89. The van der Waals surface area contributed by atoms with E-state index < -0.39 is 0 Å². The van der Waals surface area contributed by atoms with E-state index in [0.717, 1.165) is 0 Å². The highest BCUT2D eigenvalue weighted by atomic mass is 14.3. The van der Waals surface area contributed by atoms with Crippen LogP contribution in [0.2, 0.25) is 0 Å². The van der Waals surface area contributed by atoms with E-state index in [1.807, 2.05) is 12.2 Å². The van der Waals surface area contributed by atoms with E-state index in [1.165, 1.54) is 27.8 Å². The zero-order valence-electron chi connectivity index (χ0n) is 9.69. The van der Waals surface area contributed by atoms with Crippen LogP contribution in [0.4, 0.5) is 0 Å². The van der Waals surface area contributed by atoms with Crippen LogP contribution >= 0.6 is 0 Å². The third-order valence-electron chi connectivity index (χ3n) is 3.49. The van der Waals surface area contributed by atoms with Crippen LogP contribution in [0.3, 0.4) is 0 Å². The second-order valence-corrected chi connectivity index (χ2v) is 4.31. The Labute approximate surface area is 102 Å². The summed E-state index contributed by atoms with van der Waals surface area (Å²) >= 11 is 0. The molecule has 2 aromatic rings. The largest absolute Gasteiger partial charge is 0.102 e. The summed E-state index contributed by atoms with van der Waals surface area (Å²) in [6, 6.07) is 15.0. The van der Waals surface area contributed by atoms with Crippen molar-refractivity contribution in [1.82, 2.24) is 0 Å². The average molecular weight is 218 g/mol. The van der Waals surface area contributed by atoms with E-state index in [0.29, 0.717) is 5.92 Å². The summed E-state index contributed by atoms with van der Waals surface area (Å²) in [5, 5.41) is 0. The molecule has 0 spiro atoms. The second-order valence-electron chi connectivity index (χ2n) is 4.31. The molecule has 17 heavy (non-hydrogen) atoms. The van der Waals surface area contributed by atoms with Crippen LogP contribution in [0.25, 0.3) is 17.2 Å². The standard InChI is InChI=1S/C17H14/c1-3-12-8-7-11-16-15-10-6-5-9-14(15)13(4-2)17(12)16/h3-11,13H,1-2H2. The van der Waals surface area contributed by atoms with Crippen molar-refractivity contribution in [3.8, 4) is 11.1 Å². The lowest BCUT2D eigenvalue weighted by Crippen LogP contribution is -1.94. The maximum absolute atomic E-state index is 3.98. The van der Waals surface area contributed by atoms with E-state index in [9.17, 15) is 0 Å². The van der Waals surface area contributed by atoms with Crippen LogP contribution in [0.15, 0.2) is 61.7 Å². The fourth-order valence-corrected chi connectivity index (χ4v) is 2.76. The van der Waals surface area contributed by atoms with Crippen molar-refractivity contribution < 1.29 is 0 Å². The molecule has 1 unspecified atom stereocenters. The molecule has 0 bridgehead atoms. The Morgan fingerprint density at radius 3 is 2.41 bits per heavy atom. The number of rotatable bonds is 2. The Balaban J connectivity index is 2.38. The highest BCUT2D eigenvalue weighted by molar-refractivity contribution is 5.83. The van der Waals surface area contributed by atoms with Gasteiger partial charge in [0.05, 0.1) is 0 Å². The normalized spacial score (nSPS) is 16.1. The predicted octanol–water partition coefficient (Wildman–Crippen LogP) is 4.63. The van der Waals surface area contributed by atoms with E-state index >= 15 is 0 Å². The van der Waals surface area contributed by atoms with E-state index in [1.54, 1.807) is 0 Å². The molecule has 0 saturated carbocycles. The van der Waals surface area contributed by atoms with Crippen LogP contribution in [0.1, 0.15) is 22.6 Å². The van der Waals surface area contributed by atoms with Crippen molar-refractivity contribution in [3.05, 3.63) is 78.4 Å². The van der Waals surface area contributed by atoms with Gasteiger partial charge < -0.3 is 0 Å². The summed E-state index contributed by atoms with van der Waals surface area (Å²) in [6.07, 6.45) is 3.96. The lowest BCUT2D eigenvalue weighted by Gasteiger charge is -2.10. The molecule has 0 heteroatoms. The minimum Gasteiger partial charge on any atom is -0.102 e. The van der Waals surface area contributed by atoms with Crippen molar-refractivity contribution in [2.75, 3.05) is 0 Å². The molecule has 1 aliphatic rings. The molecule has 0 fully saturated rings. The fourth-order valence-electron chi connectivity index (χ4n) is 2.76. The molecule has 0 saturated heterocycles. The van der Waals surface area contributed by atoms with Gasteiger partial charge in [-0.15, -0.1) is 6.58 Å². The predicted molar refractivity (Wildman–Crippen MR) is 74.0 cm³/mol. The first kappa shape index (κ1) is 10.1. The first-order valence-electron chi connectivity index (χ1n) is 5.84. The number of benzene rings is 2. The highest BCUT2D eigenvalue weighted by Gasteiger charge is 2.27. The fraction of sp³-hybridized carbons (Fsp3) is 0.0588. The minimum atomic E-state index is 0.301. The van der Waals surface area contributed by atoms with Gasteiger partial charge in [0, 0.05) is 5.92 Å². The van der Waals surface area contributed by atoms with Gasteiger partial charge in [0.1, 0.15) is 0 Å². The van der Waals surface area contributed by atoms with Crippen molar-refractivity contribution >= 4 is 6.08 Å². The number of allylic oxidation sites excluding steroid dienone is 1. The monoisotopic (exact) mass is 218 g/mol. The number of fused-ring (bicyclic) bond motifs is 3. The lowest BCUT2D eigenvalue weighted by atomic mass is 9.93. The molecule has 2 aromatic carbocycles. The SMILES string of the molecule is C=Cc1cccc2c1C(C=C)c1ccccc1-2. The molecule has 1 aliphatic carbocycles. The van der Waals surface area contributed by atoms with E-state index in [-0.39, 0.29) is 0 Å². The molecule has 0 aromatic heterocycles. The van der Waals surface area contributed by atoms with Gasteiger partial charge in [-0.3, -0.25) is 0 Å². The zero-order valence-corrected chi connectivity index (χ0v) is 9.69. The summed E-state index contributed by atoms with van der Waals surface area (Å²) in [4.78, 5) is 0. The summed E-state index contributed by atoms with van der Waals surface area (Å²) in [5.41, 5.74) is 6.56. The first-order chi connectivity index (χ1) is 8.36. The second kappa shape index (κ2) is 3.74. The van der Waals surface area contributed by atoms with Crippen LogP contribution in [0, 0.1) is 0 Å². The summed E-state index contributed by atoms with van der Waals surface area (Å²) in [5.74, 6) is 0.301. The smallest absolute Gasteiger partial charge is 0.0285 e. The molecule has 0 amide bonds. The molecule has 1 atom stereocenters. The molecular weight excluding hydrogens is 204 g/mol. The molecule has 82 valence electrons. The molecule has 0 radical (unpaired) electrons. The van der Waals surface area contributed by atoms with Gasteiger partial charge in [-0.25, -0.2) is 0 Å². The Bertz CT molecular complexity index is 605. The van der Waals surface area contributed by atoms with Gasteiger partial charge in [0.15, 0.2) is 0 Å². The first-order valence-corrected chi connectivity index (χ1v) is 5.84. The zero-order chi connectivity index (χ0) is 11.8. The maximum Gasteiger partial charge on any atom is 0.0285 e. The lowest BCUT2D eigenvalue weighted by molar-refractivity contribution is 1.07. The Morgan fingerprint density at radius 1 is 0.882 bits per heavy atom. The van der Waals surface area contributed by atoms with Crippen LogP contribution in [-0.2, 0) is 0 Å². The van der Waals surface area contributed by atoms with Gasteiger partial charge in [-0.2, -0.15) is 0 Å². The van der Waals surface area contributed by atoms with Gasteiger partial charge in [0.2, 0.25) is 0 Å². The molecule has 0 aliphatic heterocycles. The Morgan fingerprint density at radius 2 is 1.65 bits per heavy atom. The van der Waals surface area contributed by atoms with Gasteiger partial charge in [0.25, 0.3) is 0 Å². The molecule has 3 rings (SSSR count). The average Bonchev–Trinajstić information content (AvgIpc) is 2.72. The molecule has 0 N–H and O–H groups in total. The molecule has 0 heterocycles.